The topological polar surface area (TPSA) is 122 Å². The number of benzene rings is 1. The predicted octanol–water partition coefficient (Wildman–Crippen LogP) is 1.31. The summed E-state index contributed by atoms with van der Waals surface area (Å²) in [5, 5.41) is 6.85. The van der Waals surface area contributed by atoms with Gasteiger partial charge in [0.25, 0.3) is 0 Å². The molecular formula is C25H28N7O+. The summed E-state index contributed by atoms with van der Waals surface area (Å²) in [5.74, 6) is 1.07. The first-order valence-corrected chi connectivity index (χ1v) is 11.3. The van der Waals surface area contributed by atoms with Crippen LogP contribution in [0.4, 0.5) is 5.82 Å². The average molecular weight is 443 g/mol. The fourth-order valence-corrected chi connectivity index (χ4v) is 4.62. The summed E-state index contributed by atoms with van der Waals surface area (Å²) < 4.78 is 1.74. The first kappa shape index (κ1) is 20.9. The van der Waals surface area contributed by atoms with E-state index in [4.69, 9.17) is 16.5 Å². The number of hydrogen-bond acceptors (Lipinski definition) is 5. The first-order chi connectivity index (χ1) is 16.1. The molecule has 8 nitrogen and oxygen atoms in total. The van der Waals surface area contributed by atoms with Gasteiger partial charge in [-0.05, 0) is 18.4 Å². The molecule has 5 rings (SSSR count). The molecular weight excluding hydrogens is 414 g/mol. The quantitative estimate of drug-likeness (QED) is 0.222. The van der Waals surface area contributed by atoms with Crippen molar-refractivity contribution in [2.24, 2.45) is 22.4 Å². The van der Waals surface area contributed by atoms with Gasteiger partial charge in [0.1, 0.15) is 17.6 Å². The third kappa shape index (κ3) is 4.24. The van der Waals surface area contributed by atoms with Crippen molar-refractivity contribution in [3.8, 4) is 0 Å². The van der Waals surface area contributed by atoms with Gasteiger partial charge < -0.3 is 16.8 Å². The Hall–Kier alpha value is -3.94. The van der Waals surface area contributed by atoms with Crippen LogP contribution >= 0.6 is 0 Å². The van der Waals surface area contributed by atoms with Gasteiger partial charge in [-0.3, -0.25) is 10.3 Å². The molecule has 3 atom stereocenters. The van der Waals surface area contributed by atoms with E-state index in [9.17, 15) is 4.79 Å². The van der Waals surface area contributed by atoms with Crippen molar-refractivity contribution >= 4 is 23.3 Å². The molecule has 0 bridgehead atoms. The van der Waals surface area contributed by atoms with Gasteiger partial charge in [-0.15, -0.1) is 0 Å². The second kappa shape index (κ2) is 8.90. The number of nitrogens with one attached hydrogen (secondary N) is 2. The van der Waals surface area contributed by atoms with E-state index in [1.54, 1.807) is 4.57 Å². The minimum absolute atomic E-state index is 0.0326. The van der Waals surface area contributed by atoms with Crippen molar-refractivity contribution in [2.45, 2.75) is 31.3 Å². The Kier molecular flexibility index (Phi) is 5.64. The molecule has 0 saturated carbocycles. The Bertz CT molecular complexity index is 1180. The van der Waals surface area contributed by atoms with Gasteiger partial charge in [0.05, 0.1) is 6.04 Å². The number of nitrogens with zero attached hydrogens (tertiary/aromatic N) is 3. The molecule has 3 aliphatic rings. The van der Waals surface area contributed by atoms with Gasteiger partial charge in [-0.1, -0.05) is 54.6 Å². The van der Waals surface area contributed by atoms with E-state index >= 15 is 0 Å². The molecule has 0 radical (unpaired) electrons. The highest BCUT2D eigenvalue weighted by Gasteiger charge is 2.41. The van der Waals surface area contributed by atoms with Crippen LogP contribution in [0.1, 0.15) is 28.2 Å². The Labute approximate surface area is 192 Å². The summed E-state index contributed by atoms with van der Waals surface area (Å²) in [6, 6.07) is 9.93. The number of carbonyl (C=O) groups excluding carboxylic acids is 1. The highest BCUT2D eigenvalue weighted by molar-refractivity contribution is 5.83. The first-order valence-electron chi connectivity index (χ1n) is 11.3. The Morgan fingerprint density at radius 3 is 2.79 bits per heavy atom. The lowest BCUT2D eigenvalue weighted by Crippen LogP contribution is -2.44. The van der Waals surface area contributed by atoms with Crippen LogP contribution < -0.4 is 26.7 Å². The summed E-state index contributed by atoms with van der Waals surface area (Å²) in [6.07, 6.45) is 14.3. The predicted molar refractivity (Wildman–Crippen MR) is 128 cm³/mol. The second-order valence-electron chi connectivity index (χ2n) is 8.51. The second-order valence-corrected chi connectivity index (χ2v) is 8.51. The highest BCUT2D eigenvalue weighted by Crippen LogP contribution is 2.33. The third-order valence-corrected chi connectivity index (χ3v) is 6.24. The summed E-state index contributed by atoms with van der Waals surface area (Å²) in [6.45, 7) is 0.511. The molecule has 0 amide bonds. The van der Waals surface area contributed by atoms with E-state index in [2.05, 4.69) is 33.9 Å². The van der Waals surface area contributed by atoms with Crippen LogP contribution in [0.5, 0.6) is 0 Å². The zero-order valence-electron chi connectivity index (χ0n) is 18.3. The van der Waals surface area contributed by atoms with E-state index in [1.165, 1.54) is 0 Å². The lowest BCUT2D eigenvalue weighted by molar-refractivity contribution is -0.553. The summed E-state index contributed by atoms with van der Waals surface area (Å²) in [7, 11) is 0. The number of rotatable bonds is 7. The van der Waals surface area contributed by atoms with Gasteiger partial charge in [0.15, 0.2) is 12.0 Å². The molecule has 0 spiro atoms. The lowest BCUT2D eigenvalue weighted by atomic mass is 9.90. The van der Waals surface area contributed by atoms with Gasteiger partial charge in [-0.2, -0.15) is 4.57 Å². The Morgan fingerprint density at radius 2 is 1.97 bits per heavy atom. The van der Waals surface area contributed by atoms with Gasteiger partial charge in [-0.25, -0.2) is 9.78 Å². The largest absolute Gasteiger partial charge is 0.383 e. The van der Waals surface area contributed by atoms with Crippen molar-refractivity contribution in [2.75, 3.05) is 11.9 Å². The molecule has 8 heteroatoms. The molecule has 6 N–H and O–H groups in total. The molecule has 33 heavy (non-hydrogen) atoms. The van der Waals surface area contributed by atoms with Crippen LogP contribution in [0.25, 0.3) is 5.57 Å². The number of hydrogen-bond donors (Lipinski definition) is 4. The highest BCUT2D eigenvalue weighted by atomic mass is 16.2. The smallest absolute Gasteiger partial charge is 0.359 e. The van der Waals surface area contributed by atoms with Crippen LogP contribution in [0.15, 0.2) is 72.0 Å². The molecule has 3 unspecified atom stereocenters. The van der Waals surface area contributed by atoms with E-state index in [0.29, 0.717) is 19.4 Å². The minimum atomic E-state index is -0.332. The van der Waals surface area contributed by atoms with Crippen LogP contribution in [0, 0.1) is 5.92 Å². The van der Waals surface area contributed by atoms with Gasteiger partial charge >= 0.3 is 11.7 Å². The van der Waals surface area contributed by atoms with Gasteiger partial charge in [0.2, 0.25) is 0 Å². The van der Waals surface area contributed by atoms with Crippen molar-refractivity contribution in [1.82, 2.24) is 10.3 Å². The molecule has 1 aromatic heterocycles. The van der Waals surface area contributed by atoms with Crippen LogP contribution in [-0.4, -0.2) is 35.5 Å². The maximum Gasteiger partial charge on any atom is 0.359 e. The molecule has 1 aromatic carbocycles. The van der Waals surface area contributed by atoms with E-state index in [0.717, 1.165) is 34.8 Å². The number of aliphatic imine (C=N–C) groups is 1. The number of anilines is 1. The SMILES string of the molecule is NC(N)=NCCCc1nc(C2=CNC3C=CC=CC23)c[n+]2c1NC(Cc1ccccc1)C2=O. The molecule has 1 aliphatic carbocycles. The van der Waals surface area contributed by atoms with Gasteiger partial charge in [0, 0.05) is 30.7 Å². The van der Waals surface area contributed by atoms with Crippen LogP contribution in [0.2, 0.25) is 0 Å². The normalized spacial score (nSPS) is 22.2. The van der Waals surface area contributed by atoms with Crippen molar-refractivity contribution in [3.63, 3.8) is 0 Å². The maximum atomic E-state index is 13.4. The summed E-state index contributed by atoms with van der Waals surface area (Å²) >= 11 is 0. The molecule has 3 heterocycles. The fraction of sp³-hybridized carbons (Fsp3) is 0.280. The van der Waals surface area contributed by atoms with Crippen LogP contribution in [0.3, 0.4) is 0 Å². The van der Waals surface area contributed by atoms with E-state index in [1.807, 2.05) is 48.8 Å². The van der Waals surface area contributed by atoms with E-state index in [-0.39, 0.29) is 29.9 Å². The fourth-order valence-electron chi connectivity index (χ4n) is 4.62. The van der Waals surface area contributed by atoms with Crippen molar-refractivity contribution in [1.29, 1.82) is 0 Å². The molecule has 168 valence electrons. The maximum absolute atomic E-state index is 13.4. The molecule has 2 aliphatic heterocycles. The average Bonchev–Trinajstić information content (AvgIpc) is 3.39. The number of nitrogens with two attached hydrogens (primary N) is 2. The van der Waals surface area contributed by atoms with Crippen molar-refractivity contribution in [3.05, 3.63) is 84.0 Å². The Morgan fingerprint density at radius 1 is 1.15 bits per heavy atom. The minimum Gasteiger partial charge on any atom is -0.383 e. The standard InChI is InChI=1S/C25H27N7O/c26-25(27)28-12-6-11-20-23-31-21(13-16-7-2-1-3-8-16)24(33)32(23)15-22(30-20)18-14-29-19-10-5-4-9-17(18)19/h1-5,7-10,14-15,17,19,21,29H,6,11-13H2,(H4,26,27,28)/p+1. The molecule has 2 aromatic rings. The monoisotopic (exact) mass is 442 g/mol. The Balaban J connectivity index is 1.46. The zero-order valence-corrected chi connectivity index (χ0v) is 18.3. The number of guanidine groups is 1. The number of allylic oxidation sites excluding steroid dienone is 2. The van der Waals surface area contributed by atoms with Crippen molar-refractivity contribution < 1.29 is 9.36 Å². The molecule has 0 fully saturated rings. The van der Waals surface area contributed by atoms with E-state index < -0.39 is 0 Å². The summed E-state index contributed by atoms with van der Waals surface area (Å²) in [5.41, 5.74) is 14.8. The number of fused-ring (bicyclic) bond motifs is 2. The number of aryl methyl sites for hydroxylation is 1. The lowest BCUT2D eigenvalue weighted by Gasteiger charge is -2.18. The summed E-state index contributed by atoms with van der Waals surface area (Å²) in [4.78, 5) is 22.5. The number of aromatic nitrogens is 2. The van der Waals surface area contributed by atoms with Crippen LogP contribution in [-0.2, 0) is 12.8 Å². The number of carbonyl (C=O) groups is 1. The third-order valence-electron chi connectivity index (χ3n) is 6.24. The zero-order chi connectivity index (χ0) is 22.8. The molecule has 0 saturated heterocycles.